The third-order valence-corrected chi connectivity index (χ3v) is 3.94. The summed E-state index contributed by atoms with van der Waals surface area (Å²) in [6.07, 6.45) is 1.11. The lowest BCUT2D eigenvalue weighted by Gasteiger charge is -2.26. The van der Waals surface area contributed by atoms with Gasteiger partial charge in [0.1, 0.15) is 11.5 Å². The molecule has 0 unspecified atom stereocenters. The summed E-state index contributed by atoms with van der Waals surface area (Å²) in [7, 11) is 1.55. The molecule has 1 aromatic carbocycles. The van der Waals surface area contributed by atoms with Gasteiger partial charge in [-0.15, -0.1) is 0 Å². The third kappa shape index (κ3) is 3.10. The molecule has 1 aliphatic heterocycles. The summed E-state index contributed by atoms with van der Waals surface area (Å²) in [5.41, 5.74) is 3.85. The van der Waals surface area contributed by atoms with Crippen LogP contribution in [0.1, 0.15) is 38.7 Å². The Morgan fingerprint density at radius 2 is 1.91 bits per heavy atom. The fraction of sp³-hybridized carbons (Fsp3) is 0.500. The molecule has 1 aliphatic rings. The van der Waals surface area contributed by atoms with Crippen LogP contribution in [0.4, 0.5) is 8.78 Å². The van der Waals surface area contributed by atoms with Crippen LogP contribution >= 0.6 is 0 Å². The quantitative estimate of drug-likeness (QED) is 0.909. The second-order valence-corrected chi connectivity index (χ2v) is 6.27. The van der Waals surface area contributed by atoms with Crippen LogP contribution in [-0.2, 0) is 10.3 Å². The van der Waals surface area contributed by atoms with Crippen molar-refractivity contribution in [2.45, 2.75) is 44.3 Å². The van der Waals surface area contributed by atoms with Gasteiger partial charge in [0.15, 0.2) is 11.5 Å². The van der Waals surface area contributed by atoms with E-state index < -0.39 is 11.2 Å². The van der Waals surface area contributed by atoms with Crippen molar-refractivity contribution in [3.05, 3.63) is 35.6 Å². The van der Waals surface area contributed by atoms with Gasteiger partial charge in [-0.3, -0.25) is 9.69 Å². The van der Waals surface area contributed by atoms with Gasteiger partial charge in [0.2, 0.25) is 0 Å². The summed E-state index contributed by atoms with van der Waals surface area (Å²) >= 11 is 0. The third-order valence-electron chi connectivity index (χ3n) is 3.94. The van der Waals surface area contributed by atoms with E-state index in [4.69, 9.17) is 5.73 Å². The Hall–Kier alpha value is -1.98. The molecule has 4 nitrogen and oxygen atoms in total. The lowest BCUT2D eigenvalue weighted by Crippen LogP contribution is -2.40. The van der Waals surface area contributed by atoms with Crippen LogP contribution in [0.2, 0.25) is 0 Å². The van der Waals surface area contributed by atoms with E-state index in [1.807, 2.05) is 0 Å². The van der Waals surface area contributed by atoms with Gasteiger partial charge in [-0.1, -0.05) is 12.1 Å². The first-order chi connectivity index (χ1) is 10.2. The SMILES string of the molecule is CN1C(=O)[C@@](CCCC(C)(C)F)(c2ccc(F)cc2)N=C1N. The van der Waals surface area contributed by atoms with Gasteiger partial charge < -0.3 is 5.73 Å². The zero-order valence-electron chi connectivity index (χ0n) is 13.1. The molecule has 1 amide bonds. The number of nitrogens with two attached hydrogens (primary N) is 1. The second kappa shape index (κ2) is 5.66. The van der Waals surface area contributed by atoms with Gasteiger partial charge in [0, 0.05) is 7.05 Å². The molecule has 1 aromatic rings. The fourth-order valence-electron chi connectivity index (χ4n) is 2.69. The van der Waals surface area contributed by atoms with Crippen LogP contribution in [-0.4, -0.2) is 29.5 Å². The topological polar surface area (TPSA) is 58.7 Å². The van der Waals surface area contributed by atoms with Crippen LogP contribution in [0.5, 0.6) is 0 Å². The van der Waals surface area contributed by atoms with Crippen molar-refractivity contribution in [3.8, 4) is 0 Å². The van der Waals surface area contributed by atoms with E-state index in [0.29, 0.717) is 24.8 Å². The Bertz CT molecular complexity index is 592. The number of rotatable bonds is 5. The fourth-order valence-corrected chi connectivity index (χ4v) is 2.69. The van der Waals surface area contributed by atoms with Crippen molar-refractivity contribution >= 4 is 11.9 Å². The van der Waals surface area contributed by atoms with E-state index in [9.17, 15) is 13.6 Å². The van der Waals surface area contributed by atoms with Gasteiger partial charge in [0.25, 0.3) is 5.91 Å². The molecule has 0 bridgehead atoms. The average molecular weight is 309 g/mol. The van der Waals surface area contributed by atoms with Crippen LogP contribution < -0.4 is 5.73 Å². The monoisotopic (exact) mass is 309 g/mol. The van der Waals surface area contributed by atoms with Crippen LogP contribution in [0.25, 0.3) is 0 Å². The number of benzene rings is 1. The van der Waals surface area contributed by atoms with Gasteiger partial charge >= 0.3 is 0 Å². The lowest BCUT2D eigenvalue weighted by molar-refractivity contribution is -0.131. The van der Waals surface area contributed by atoms with Gasteiger partial charge in [-0.25, -0.2) is 13.8 Å². The van der Waals surface area contributed by atoms with Gasteiger partial charge in [0.05, 0.1) is 0 Å². The predicted molar refractivity (Wildman–Crippen MR) is 81.5 cm³/mol. The first-order valence-electron chi connectivity index (χ1n) is 7.24. The predicted octanol–water partition coefficient (Wildman–Crippen LogP) is 2.73. The maximum atomic E-state index is 13.7. The maximum Gasteiger partial charge on any atom is 0.261 e. The van der Waals surface area contributed by atoms with Gasteiger partial charge in [-0.2, -0.15) is 0 Å². The largest absolute Gasteiger partial charge is 0.369 e. The molecule has 0 spiro atoms. The van der Waals surface area contributed by atoms with Crippen molar-refractivity contribution in [2.24, 2.45) is 10.7 Å². The molecule has 6 heteroatoms. The maximum absolute atomic E-state index is 13.7. The Balaban J connectivity index is 2.34. The molecule has 120 valence electrons. The summed E-state index contributed by atoms with van der Waals surface area (Å²) in [5.74, 6) is -0.540. The first kappa shape index (κ1) is 16.4. The van der Waals surface area contributed by atoms with E-state index in [0.717, 1.165) is 0 Å². The standard InChI is InChI=1S/C16H21F2N3O/c1-15(2,18)9-4-10-16(11-5-7-12(17)8-6-11)13(22)21(3)14(19)20-16/h5-8H,4,9-10H2,1-3H3,(H2,19,20)/t16-/m1/s1. The summed E-state index contributed by atoms with van der Waals surface area (Å²) in [6.45, 7) is 3.00. The molecule has 0 aliphatic carbocycles. The van der Waals surface area contributed by atoms with Crippen molar-refractivity contribution in [1.82, 2.24) is 4.90 Å². The Kier molecular flexibility index (Phi) is 4.22. The molecule has 2 N–H and O–H groups in total. The number of alkyl halides is 1. The zero-order valence-corrected chi connectivity index (χ0v) is 13.1. The Morgan fingerprint density at radius 1 is 1.32 bits per heavy atom. The van der Waals surface area contributed by atoms with Crippen LogP contribution in [0.3, 0.4) is 0 Å². The number of carbonyl (C=O) groups is 1. The Morgan fingerprint density at radius 3 is 2.36 bits per heavy atom. The number of nitrogens with zero attached hydrogens (tertiary/aromatic N) is 2. The van der Waals surface area contributed by atoms with Gasteiger partial charge in [-0.05, 0) is 50.8 Å². The van der Waals surface area contributed by atoms with E-state index >= 15 is 0 Å². The number of guanidine groups is 1. The summed E-state index contributed by atoms with van der Waals surface area (Å²) in [5, 5.41) is 0. The minimum absolute atomic E-state index is 0.119. The molecule has 1 heterocycles. The van der Waals surface area contributed by atoms with Crippen LogP contribution in [0.15, 0.2) is 29.3 Å². The summed E-state index contributed by atoms with van der Waals surface area (Å²) in [6, 6.07) is 5.63. The highest BCUT2D eigenvalue weighted by Gasteiger charge is 2.47. The molecular formula is C16H21F2N3O. The number of likely N-dealkylation sites (N-methyl/N-ethyl adjacent to an activating group) is 1. The average Bonchev–Trinajstić information content (AvgIpc) is 2.64. The minimum atomic E-state index is -1.31. The first-order valence-corrected chi connectivity index (χ1v) is 7.24. The second-order valence-electron chi connectivity index (χ2n) is 6.27. The molecule has 22 heavy (non-hydrogen) atoms. The van der Waals surface area contributed by atoms with Crippen molar-refractivity contribution in [3.63, 3.8) is 0 Å². The number of halogens is 2. The molecule has 1 atom stereocenters. The molecule has 0 saturated carbocycles. The summed E-state index contributed by atoms with van der Waals surface area (Å²) in [4.78, 5) is 18.2. The van der Waals surface area contributed by atoms with Crippen molar-refractivity contribution in [1.29, 1.82) is 0 Å². The molecule has 2 rings (SSSR count). The smallest absolute Gasteiger partial charge is 0.261 e. The van der Waals surface area contributed by atoms with E-state index in [1.165, 1.54) is 43.0 Å². The number of amides is 1. The minimum Gasteiger partial charge on any atom is -0.369 e. The Labute approximate surface area is 129 Å². The molecule has 0 aromatic heterocycles. The van der Waals surface area contributed by atoms with E-state index in [2.05, 4.69) is 4.99 Å². The molecule has 0 saturated heterocycles. The van der Waals surface area contributed by atoms with Crippen molar-refractivity contribution in [2.75, 3.05) is 7.05 Å². The summed E-state index contributed by atoms with van der Waals surface area (Å²) < 4.78 is 26.8. The van der Waals surface area contributed by atoms with E-state index in [-0.39, 0.29) is 17.7 Å². The number of carbonyl (C=O) groups excluding carboxylic acids is 1. The van der Waals surface area contributed by atoms with Crippen LogP contribution in [0, 0.1) is 5.82 Å². The number of hydrogen-bond acceptors (Lipinski definition) is 3. The lowest BCUT2D eigenvalue weighted by atomic mass is 9.84. The molecule has 0 fully saturated rings. The normalized spacial score (nSPS) is 22.1. The zero-order chi connectivity index (χ0) is 16.5. The number of aliphatic imine (C=N–C) groups is 1. The van der Waals surface area contributed by atoms with E-state index in [1.54, 1.807) is 7.05 Å². The highest BCUT2D eigenvalue weighted by Crippen LogP contribution is 2.38. The molecular weight excluding hydrogens is 288 g/mol. The molecule has 0 radical (unpaired) electrons. The highest BCUT2D eigenvalue weighted by atomic mass is 19.1. The van der Waals surface area contributed by atoms with Crippen molar-refractivity contribution < 1.29 is 13.6 Å². The highest BCUT2D eigenvalue weighted by molar-refractivity contribution is 6.06. The number of hydrogen-bond donors (Lipinski definition) is 1.